The molecule has 1 saturated carbocycles. The Morgan fingerprint density at radius 1 is 1.15 bits per heavy atom. The fourth-order valence-electron chi connectivity index (χ4n) is 2.31. The third kappa shape index (κ3) is 2.38. The van der Waals surface area contributed by atoms with Crippen LogP contribution < -0.4 is 0 Å². The van der Waals surface area contributed by atoms with Crippen LogP contribution in [0.25, 0.3) is 0 Å². The molecular weight excluding hydrogens is 198 g/mol. The van der Waals surface area contributed by atoms with Gasteiger partial charge in [-0.2, -0.15) is 0 Å². The third-order valence-corrected chi connectivity index (χ3v) is 4.51. The summed E-state index contributed by atoms with van der Waals surface area (Å²) in [5.74, 6) is 1.22. The second-order valence-corrected chi connectivity index (χ2v) is 5.68. The summed E-state index contributed by atoms with van der Waals surface area (Å²) in [6, 6.07) is 0.782. The smallest absolute Gasteiger partial charge is 0.136 e. The predicted octanol–water partition coefficient (Wildman–Crippen LogP) is 3.04. The van der Waals surface area contributed by atoms with Gasteiger partial charge in [-0.25, -0.2) is 0 Å². The van der Waals surface area contributed by atoms with E-state index in [2.05, 4.69) is 4.90 Å². The van der Waals surface area contributed by atoms with Gasteiger partial charge in [0.1, 0.15) is 4.32 Å². The molecule has 0 aromatic heterocycles. The summed E-state index contributed by atoms with van der Waals surface area (Å²) in [4.78, 5) is 2.48. The minimum Gasteiger partial charge on any atom is -0.354 e. The molecule has 0 amide bonds. The number of nitrogens with zero attached hydrogens (tertiary/aromatic N) is 1. The monoisotopic (exact) mass is 215 g/mol. The molecule has 0 aromatic rings. The van der Waals surface area contributed by atoms with Crippen molar-refractivity contribution in [1.82, 2.24) is 4.90 Å². The van der Waals surface area contributed by atoms with E-state index < -0.39 is 0 Å². The maximum Gasteiger partial charge on any atom is 0.136 e. The molecule has 0 atom stereocenters. The first-order valence-corrected chi connectivity index (χ1v) is 6.71. The summed E-state index contributed by atoms with van der Waals surface area (Å²) in [5.41, 5.74) is 0. The van der Waals surface area contributed by atoms with E-state index >= 15 is 0 Å². The highest BCUT2D eigenvalue weighted by molar-refractivity contribution is 8.23. The Morgan fingerprint density at radius 2 is 1.85 bits per heavy atom. The Hall–Kier alpha value is 0.240. The lowest BCUT2D eigenvalue weighted by Gasteiger charge is -2.27. The Balaban J connectivity index is 1.93. The van der Waals surface area contributed by atoms with Crippen molar-refractivity contribution in [3.63, 3.8) is 0 Å². The molecule has 74 valence electrons. The summed E-state index contributed by atoms with van der Waals surface area (Å²) in [7, 11) is 0. The summed E-state index contributed by atoms with van der Waals surface area (Å²) in [5, 5.41) is 0. The van der Waals surface area contributed by atoms with Gasteiger partial charge >= 0.3 is 0 Å². The molecule has 1 nitrogen and oxygen atoms in total. The molecule has 0 radical (unpaired) electrons. The van der Waals surface area contributed by atoms with E-state index in [1.165, 1.54) is 50.8 Å². The van der Waals surface area contributed by atoms with Gasteiger partial charge in [0.25, 0.3) is 0 Å². The average molecular weight is 215 g/mol. The summed E-state index contributed by atoms with van der Waals surface area (Å²) in [6.07, 6.45) is 8.44. The van der Waals surface area contributed by atoms with Crippen LogP contribution in [0, 0.1) is 0 Å². The van der Waals surface area contributed by atoms with Crippen molar-refractivity contribution >= 4 is 28.3 Å². The van der Waals surface area contributed by atoms with E-state index in [4.69, 9.17) is 12.2 Å². The largest absolute Gasteiger partial charge is 0.354 e. The minimum atomic E-state index is 0.782. The Kier molecular flexibility index (Phi) is 3.50. The topological polar surface area (TPSA) is 3.24 Å². The van der Waals surface area contributed by atoms with Crippen molar-refractivity contribution in [2.45, 2.75) is 44.6 Å². The molecule has 2 fully saturated rings. The van der Waals surface area contributed by atoms with E-state index in [9.17, 15) is 0 Å². The van der Waals surface area contributed by atoms with E-state index in [1.54, 1.807) is 0 Å². The molecule has 0 bridgehead atoms. The highest BCUT2D eigenvalue weighted by Gasteiger charge is 2.25. The molecule has 2 rings (SSSR count). The SMILES string of the molecule is S=C1SCCN1C1CCCCCC1. The zero-order valence-corrected chi connectivity index (χ0v) is 9.63. The van der Waals surface area contributed by atoms with Crippen LogP contribution in [0.3, 0.4) is 0 Å². The second-order valence-electron chi connectivity index (χ2n) is 3.95. The molecule has 0 unspecified atom stereocenters. The van der Waals surface area contributed by atoms with E-state index in [1.807, 2.05) is 11.8 Å². The highest BCUT2D eigenvalue weighted by atomic mass is 32.2. The molecule has 3 heteroatoms. The van der Waals surface area contributed by atoms with Gasteiger partial charge in [-0.3, -0.25) is 0 Å². The first-order valence-electron chi connectivity index (χ1n) is 5.31. The lowest BCUT2D eigenvalue weighted by atomic mass is 10.1. The number of rotatable bonds is 1. The van der Waals surface area contributed by atoms with Gasteiger partial charge in [0.2, 0.25) is 0 Å². The summed E-state index contributed by atoms with van der Waals surface area (Å²) in [6.45, 7) is 1.20. The van der Waals surface area contributed by atoms with Crippen molar-refractivity contribution in [3.05, 3.63) is 0 Å². The standard InChI is InChI=1S/C10H17NS2/c12-10-11(7-8-13-10)9-5-3-1-2-4-6-9/h9H,1-8H2. The van der Waals surface area contributed by atoms with E-state index in [0.717, 1.165) is 10.4 Å². The van der Waals surface area contributed by atoms with Crippen LogP contribution in [0.1, 0.15) is 38.5 Å². The van der Waals surface area contributed by atoms with Crippen molar-refractivity contribution in [1.29, 1.82) is 0 Å². The van der Waals surface area contributed by atoms with Crippen molar-refractivity contribution in [2.75, 3.05) is 12.3 Å². The van der Waals surface area contributed by atoms with E-state index in [0.29, 0.717) is 0 Å². The van der Waals surface area contributed by atoms with Gasteiger partial charge in [-0.1, -0.05) is 49.7 Å². The number of hydrogen-bond acceptors (Lipinski definition) is 2. The molecule has 1 aliphatic heterocycles. The van der Waals surface area contributed by atoms with Crippen molar-refractivity contribution < 1.29 is 0 Å². The second kappa shape index (κ2) is 4.65. The summed E-state index contributed by atoms with van der Waals surface area (Å²) < 4.78 is 1.16. The van der Waals surface area contributed by atoms with Crippen LogP contribution in [-0.4, -0.2) is 27.6 Å². The van der Waals surface area contributed by atoms with Gasteiger partial charge in [0.05, 0.1) is 0 Å². The molecule has 0 N–H and O–H groups in total. The van der Waals surface area contributed by atoms with Gasteiger partial charge in [-0.15, -0.1) is 0 Å². The fraction of sp³-hybridized carbons (Fsp3) is 0.900. The molecule has 0 aromatic carbocycles. The minimum absolute atomic E-state index is 0.782. The maximum atomic E-state index is 5.35. The van der Waals surface area contributed by atoms with Crippen LogP contribution in [-0.2, 0) is 0 Å². The lowest BCUT2D eigenvalue weighted by Crippen LogP contribution is -2.34. The van der Waals surface area contributed by atoms with Gasteiger partial charge in [-0.05, 0) is 12.8 Å². The normalized spacial score (nSPS) is 26.5. The highest BCUT2D eigenvalue weighted by Crippen LogP contribution is 2.28. The molecule has 1 saturated heterocycles. The Labute approximate surface area is 90.3 Å². The van der Waals surface area contributed by atoms with Crippen molar-refractivity contribution in [3.8, 4) is 0 Å². The zero-order chi connectivity index (χ0) is 9.10. The van der Waals surface area contributed by atoms with Crippen LogP contribution >= 0.6 is 24.0 Å². The Morgan fingerprint density at radius 3 is 2.38 bits per heavy atom. The molecule has 2 aliphatic rings. The molecule has 0 spiro atoms. The van der Waals surface area contributed by atoms with Crippen LogP contribution in [0.2, 0.25) is 0 Å². The number of hydrogen-bond donors (Lipinski definition) is 0. The van der Waals surface area contributed by atoms with Gasteiger partial charge in [0, 0.05) is 18.3 Å². The van der Waals surface area contributed by atoms with Crippen LogP contribution in [0.15, 0.2) is 0 Å². The quantitative estimate of drug-likeness (QED) is 0.489. The number of thioether (sulfide) groups is 1. The van der Waals surface area contributed by atoms with Gasteiger partial charge < -0.3 is 4.90 Å². The lowest BCUT2D eigenvalue weighted by molar-refractivity contribution is 0.311. The average Bonchev–Trinajstić information content (AvgIpc) is 2.43. The van der Waals surface area contributed by atoms with Gasteiger partial charge in [0.15, 0.2) is 0 Å². The molecule has 1 aliphatic carbocycles. The number of thiocarbonyl (C=S) groups is 1. The first-order chi connectivity index (χ1) is 6.38. The Bertz CT molecular complexity index is 185. The van der Waals surface area contributed by atoms with Crippen LogP contribution in [0.4, 0.5) is 0 Å². The molecule has 13 heavy (non-hydrogen) atoms. The van der Waals surface area contributed by atoms with Crippen molar-refractivity contribution in [2.24, 2.45) is 0 Å². The maximum absolute atomic E-state index is 5.35. The molecular formula is C10H17NS2. The van der Waals surface area contributed by atoms with E-state index in [-0.39, 0.29) is 0 Å². The third-order valence-electron chi connectivity index (χ3n) is 3.06. The predicted molar refractivity (Wildman–Crippen MR) is 63.3 cm³/mol. The summed E-state index contributed by atoms with van der Waals surface area (Å²) >= 11 is 7.22. The first kappa shape index (κ1) is 9.78. The molecule has 1 heterocycles. The zero-order valence-electron chi connectivity index (χ0n) is 8.00. The van der Waals surface area contributed by atoms with Crippen LogP contribution in [0.5, 0.6) is 0 Å². The fourth-order valence-corrected chi connectivity index (χ4v) is 3.67.